The fourth-order valence-electron chi connectivity index (χ4n) is 3.10. The van der Waals surface area contributed by atoms with Crippen LogP contribution in [0.15, 0.2) is 36.5 Å². The molecule has 10 nitrogen and oxygen atoms in total. The van der Waals surface area contributed by atoms with E-state index in [9.17, 15) is 14.4 Å². The molecule has 3 heterocycles. The van der Waals surface area contributed by atoms with Gasteiger partial charge in [0, 0.05) is 31.2 Å². The number of carboxylic acid groups (broad SMARTS) is 1. The predicted octanol–water partition coefficient (Wildman–Crippen LogP) is 2.73. The molecule has 3 aliphatic rings. The molecule has 0 radical (unpaired) electrons. The Hall–Kier alpha value is -3.40. The molecule has 0 spiro atoms. The Balaban J connectivity index is 0.000000181. The minimum atomic E-state index is -0.912. The number of carbonyl (C=O) groups is 3. The second kappa shape index (κ2) is 10.8. The number of nitrogens with one attached hydrogen (secondary N) is 3. The molecule has 32 heavy (non-hydrogen) atoms. The van der Waals surface area contributed by atoms with Crippen molar-refractivity contribution in [2.24, 2.45) is 0 Å². The molecule has 2 fully saturated rings. The van der Waals surface area contributed by atoms with E-state index >= 15 is 0 Å². The van der Waals surface area contributed by atoms with Crippen molar-refractivity contribution in [3.8, 4) is 0 Å². The molecule has 0 bridgehead atoms. The number of esters is 1. The highest BCUT2D eigenvalue weighted by Crippen LogP contribution is 2.33. The topological polar surface area (TPSA) is 143 Å². The van der Waals surface area contributed by atoms with Gasteiger partial charge in [0.15, 0.2) is 6.10 Å². The Bertz CT molecular complexity index is 915. The van der Waals surface area contributed by atoms with Crippen molar-refractivity contribution >= 4 is 23.8 Å². The van der Waals surface area contributed by atoms with Gasteiger partial charge in [-0.2, -0.15) is 5.10 Å². The van der Waals surface area contributed by atoms with Crippen LogP contribution in [-0.4, -0.2) is 58.1 Å². The lowest BCUT2D eigenvalue weighted by Crippen LogP contribution is -2.38. The van der Waals surface area contributed by atoms with Gasteiger partial charge < -0.3 is 25.2 Å². The Kier molecular flexibility index (Phi) is 7.82. The quantitative estimate of drug-likeness (QED) is 0.533. The van der Waals surface area contributed by atoms with E-state index in [1.807, 2.05) is 19.1 Å². The van der Waals surface area contributed by atoms with E-state index in [0.717, 1.165) is 31.6 Å². The molecule has 1 saturated heterocycles. The number of nitrogens with zero attached hydrogens (tertiary/aromatic N) is 1. The number of rotatable bonds is 3. The third-order valence-corrected chi connectivity index (χ3v) is 5.18. The second-order valence-corrected chi connectivity index (χ2v) is 8.03. The zero-order valence-corrected chi connectivity index (χ0v) is 17.9. The number of cyclic esters (lactones) is 1. The van der Waals surface area contributed by atoms with Crippen molar-refractivity contribution in [3.63, 3.8) is 0 Å². The largest absolute Gasteiger partial charge is 0.465 e. The van der Waals surface area contributed by atoms with Crippen molar-refractivity contribution in [2.45, 2.75) is 50.7 Å². The number of amides is 2. The summed E-state index contributed by atoms with van der Waals surface area (Å²) in [6.45, 7) is 3.90. The first-order chi connectivity index (χ1) is 15.4. The van der Waals surface area contributed by atoms with Gasteiger partial charge in [-0.15, -0.1) is 0 Å². The van der Waals surface area contributed by atoms with Gasteiger partial charge >= 0.3 is 12.1 Å². The molecule has 1 atom stereocenters. The maximum absolute atomic E-state index is 12.0. The number of hydrogen-bond acceptors (Lipinski definition) is 6. The summed E-state index contributed by atoms with van der Waals surface area (Å²) in [5.74, 6) is -0.362. The summed E-state index contributed by atoms with van der Waals surface area (Å²) in [5, 5.41) is 19.5. The zero-order valence-electron chi connectivity index (χ0n) is 17.9. The third kappa shape index (κ3) is 7.09. The van der Waals surface area contributed by atoms with E-state index in [1.165, 1.54) is 19.0 Å². The van der Waals surface area contributed by atoms with E-state index in [1.54, 1.807) is 18.2 Å². The lowest BCUT2D eigenvalue weighted by Gasteiger charge is -2.23. The summed E-state index contributed by atoms with van der Waals surface area (Å²) in [5.41, 5.74) is 1.27. The Morgan fingerprint density at radius 1 is 1.19 bits per heavy atom. The second-order valence-electron chi connectivity index (χ2n) is 8.03. The van der Waals surface area contributed by atoms with E-state index in [2.05, 4.69) is 20.8 Å². The standard InChI is InChI=1S/C13H11N3O3.C5H9NO2.C4H8O/c17-12(15-11-5-6-14-16-11)10-7-8-3-1-2-4-9(8)13(18)19-10;1-5(2-3-5)6-4(7)8;1-2-4-5-3-1/h1-6,10H,7H2,(H2,14,15,16,17);6H,2-3H2,1H3,(H,7,8);1-4H2. The van der Waals surface area contributed by atoms with Crippen molar-refractivity contribution in [3.05, 3.63) is 47.7 Å². The number of hydrogen-bond donors (Lipinski definition) is 4. The first kappa shape index (κ1) is 23.3. The molecular formula is C22H28N4O6. The average Bonchev–Trinajstić information content (AvgIpc) is 3.21. The van der Waals surface area contributed by atoms with Crippen LogP contribution in [0.1, 0.15) is 48.5 Å². The third-order valence-electron chi connectivity index (χ3n) is 5.18. The van der Waals surface area contributed by atoms with Crippen LogP contribution in [0.25, 0.3) is 0 Å². The van der Waals surface area contributed by atoms with Crippen LogP contribution in [0.2, 0.25) is 0 Å². The summed E-state index contributed by atoms with van der Waals surface area (Å²) >= 11 is 0. The van der Waals surface area contributed by atoms with E-state index in [0.29, 0.717) is 17.8 Å². The molecule has 10 heteroatoms. The predicted molar refractivity (Wildman–Crippen MR) is 115 cm³/mol. The number of aromatic nitrogens is 2. The number of carbonyl (C=O) groups excluding carboxylic acids is 2. The molecular weight excluding hydrogens is 416 g/mol. The van der Waals surface area contributed by atoms with Crippen LogP contribution in [0, 0.1) is 0 Å². The van der Waals surface area contributed by atoms with E-state index < -0.39 is 18.2 Å². The first-order valence-corrected chi connectivity index (χ1v) is 10.5. The highest BCUT2D eigenvalue weighted by atomic mass is 16.5. The average molecular weight is 444 g/mol. The van der Waals surface area contributed by atoms with Gasteiger partial charge in [0.25, 0.3) is 5.91 Å². The molecule has 5 rings (SSSR count). The maximum Gasteiger partial charge on any atom is 0.405 e. The summed E-state index contributed by atoms with van der Waals surface area (Å²) in [6.07, 6.45) is 4.70. The van der Waals surface area contributed by atoms with Crippen molar-refractivity contribution in [2.75, 3.05) is 18.5 Å². The zero-order chi connectivity index (χ0) is 23.0. The van der Waals surface area contributed by atoms with Gasteiger partial charge in [-0.3, -0.25) is 9.89 Å². The van der Waals surface area contributed by atoms with Gasteiger partial charge in [-0.1, -0.05) is 18.2 Å². The number of H-pyrrole nitrogens is 1. The molecule has 4 N–H and O–H groups in total. The van der Waals surface area contributed by atoms with Crippen LogP contribution in [0.5, 0.6) is 0 Å². The minimum Gasteiger partial charge on any atom is -0.465 e. The van der Waals surface area contributed by atoms with Gasteiger partial charge in [-0.05, 0) is 44.2 Å². The number of ether oxygens (including phenoxy) is 2. The summed E-state index contributed by atoms with van der Waals surface area (Å²) in [7, 11) is 0. The SMILES string of the molecule is C1CCOC1.CC1(NC(=O)O)CC1.O=C1OC(C(=O)Nc2ccn[nH]2)Cc2ccccc21. The Labute approximate surface area is 185 Å². The van der Waals surface area contributed by atoms with Gasteiger partial charge in [0.1, 0.15) is 5.82 Å². The molecule has 1 aliphatic carbocycles. The Morgan fingerprint density at radius 3 is 2.44 bits per heavy atom. The molecule has 2 aromatic rings. The number of aromatic amines is 1. The van der Waals surface area contributed by atoms with E-state index in [4.69, 9.17) is 14.6 Å². The first-order valence-electron chi connectivity index (χ1n) is 10.5. The van der Waals surface area contributed by atoms with Gasteiger partial charge in [0.05, 0.1) is 11.8 Å². The summed E-state index contributed by atoms with van der Waals surface area (Å²) in [6, 6.07) is 8.75. The summed E-state index contributed by atoms with van der Waals surface area (Å²) in [4.78, 5) is 33.7. The number of fused-ring (bicyclic) bond motifs is 1. The molecule has 1 aromatic carbocycles. The number of benzene rings is 1. The Morgan fingerprint density at radius 2 is 1.91 bits per heavy atom. The molecule has 2 amide bonds. The minimum absolute atomic E-state index is 0.0775. The van der Waals surface area contributed by atoms with E-state index in [-0.39, 0.29) is 11.4 Å². The highest BCUT2D eigenvalue weighted by Gasteiger charge is 2.38. The van der Waals surface area contributed by atoms with Crippen molar-refractivity contribution < 1.29 is 29.0 Å². The molecule has 1 unspecified atom stereocenters. The van der Waals surface area contributed by atoms with Crippen molar-refractivity contribution in [1.82, 2.24) is 15.5 Å². The highest BCUT2D eigenvalue weighted by molar-refractivity contribution is 5.99. The molecule has 1 saturated carbocycles. The fourth-order valence-corrected chi connectivity index (χ4v) is 3.10. The van der Waals surface area contributed by atoms with Crippen molar-refractivity contribution in [1.29, 1.82) is 0 Å². The monoisotopic (exact) mass is 444 g/mol. The number of anilines is 1. The van der Waals surface area contributed by atoms with Crippen LogP contribution < -0.4 is 10.6 Å². The smallest absolute Gasteiger partial charge is 0.405 e. The van der Waals surface area contributed by atoms with Crippen LogP contribution in [0.3, 0.4) is 0 Å². The molecule has 1 aromatic heterocycles. The lowest BCUT2D eigenvalue weighted by molar-refractivity contribution is -0.125. The molecule has 172 valence electrons. The van der Waals surface area contributed by atoms with Crippen LogP contribution in [-0.2, 0) is 20.7 Å². The summed E-state index contributed by atoms with van der Waals surface area (Å²) < 4.78 is 10.1. The lowest BCUT2D eigenvalue weighted by atomic mass is 9.98. The van der Waals surface area contributed by atoms with Crippen LogP contribution in [0.4, 0.5) is 10.6 Å². The van der Waals surface area contributed by atoms with Gasteiger partial charge in [0.2, 0.25) is 0 Å². The van der Waals surface area contributed by atoms with Gasteiger partial charge in [-0.25, -0.2) is 9.59 Å². The molecule has 2 aliphatic heterocycles. The maximum atomic E-state index is 12.0. The normalized spacial score (nSPS) is 19.7. The fraction of sp³-hybridized carbons (Fsp3) is 0.455. The van der Waals surface area contributed by atoms with Crippen LogP contribution >= 0.6 is 0 Å².